The van der Waals surface area contributed by atoms with E-state index < -0.39 is 0 Å². The van der Waals surface area contributed by atoms with Crippen molar-refractivity contribution in [3.63, 3.8) is 0 Å². The molecule has 1 saturated heterocycles. The molecule has 5 heteroatoms. The van der Waals surface area contributed by atoms with Crippen molar-refractivity contribution in [1.82, 2.24) is 10.2 Å². The van der Waals surface area contributed by atoms with Gasteiger partial charge in [0.05, 0.1) is 13.0 Å². The highest BCUT2D eigenvalue weighted by atomic mass is 16.5. The van der Waals surface area contributed by atoms with E-state index >= 15 is 0 Å². The molecular weight excluding hydrogens is 292 g/mol. The molecule has 1 N–H and O–H groups in total. The van der Waals surface area contributed by atoms with Crippen LogP contribution in [-0.4, -0.2) is 42.5 Å². The predicted molar refractivity (Wildman–Crippen MR) is 89.2 cm³/mol. The summed E-state index contributed by atoms with van der Waals surface area (Å²) in [6.45, 7) is 3.82. The van der Waals surface area contributed by atoms with Gasteiger partial charge in [0.1, 0.15) is 5.75 Å². The van der Waals surface area contributed by atoms with Gasteiger partial charge in [0.25, 0.3) is 0 Å². The third-order valence-electron chi connectivity index (χ3n) is 4.02. The van der Waals surface area contributed by atoms with Crippen LogP contribution in [0.4, 0.5) is 0 Å². The maximum atomic E-state index is 12.2. The van der Waals surface area contributed by atoms with E-state index in [0.717, 1.165) is 25.0 Å². The Hall–Kier alpha value is -2.04. The second-order valence-electron chi connectivity index (χ2n) is 5.88. The lowest BCUT2D eigenvalue weighted by Gasteiger charge is -2.32. The minimum atomic E-state index is 0.119. The molecule has 1 aliphatic heterocycles. The number of carbonyl (C=O) groups is 2. The second-order valence-corrected chi connectivity index (χ2v) is 5.88. The molecule has 1 fully saturated rings. The number of hydrogen-bond acceptors (Lipinski definition) is 3. The van der Waals surface area contributed by atoms with Gasteiger partial charge in [-0.25, -0.2) is 0 Å². The minimum Gasteiger partial charge on any atom is -0.493 e. The van der Waals surface area contributed by atoms with Crippen LogP contribution in [0.3, 0.4) is 0 Å². The number of amides is 2. The highest BCUT2D eigenvalue weighted by Crippen LogP contribution is 2.13. The number of nitrogens with one attached hydrogen (secondary N) is 1. The van der Waals surface area contributed by atoms with Crippen molar-refractivity contribution in [2.45, 2.75) is 45.1 Å². The van der Waals surface area contributed by atoms with Crippen LogP contribution in [-0.2, 0) is 9.59 Å². The maximum Gasteiger partial charge on any atom is 0.225 e. The van der Waals surface area contributed by atoms with Crippen molar-refractivity contribution in [2.75, 3.05) is 19.7 Å². The molecular formula is C18H26N2O3. The van der Waals surface area contributed by atoms with Crippen molar-refractivity contribution >= 4 is 11.8 Å². The highest BCUT2D eigenvalue weighted by molar-refractivity contribution is 5.77. The van der Waals surface area contributed by atoms with Gasteiger partial charge in [-0.2, -0.15) is 0 Å². The summed E-state index contributed by atoms with van der Waals surface area (Å²) in [5.41, 5.74) is 0. The van der Waals surface area contributed by atoms with Gasteiger partial charge >= 0.3 is 0 Å². The number of carbonyl (C=O) groups excluding carboxylic acids is 2. The average Bonchev–Trinajstić information content (AvgIpc) is 2.56. The fraction of sp³-hybridized carbons (Fsp3) is 0.556. The lowest BCUT2D eigenvalue weighted by molar-refractivity contribution is -0.132. The Kier molecular flexibility index (Phi) is 6.91. The highest BCUT2D eigenvalue weighted by Gasteiger charge is 2.23. The zero-order chi connectivity index (χ0) is 16.5. The second kappa shape index (κ2) is 9.18. The summed E-state index contributed by atoms with van der Waals surface area (Å²) >= 11 is 0. The van der Waals surface area contributed by atoms with E-state index in [1.54, 1.807) is 0 Å². The fourth-order valence-corrected chi connectivity index (χ4v) is 2.73. The fourth-order valence-electron chi connectivity index (χ4n) is 2.73. The lowest BCUT2D eigenvalue weighted by atomic mass is 10.0. The Morgan fingerprint density at radius 1 is 1.17 bits per heavy atom. The monoisotopic (exact) mass is 318 g/mol. The summed E-state index contributed by atoms with van der Waals surface area (Å²) in [6, 6.07) is 9.73. The van der Waals surface area contributed by atoms with Gasteiger partial charge in [0.15, 0.2) is 0 Å². The Balaban J connectivity index is 1.64. The third kappa shape index (κ3) is 5.93. The first-order chi connectivity index (χ1) is 11.2. The maximum absolute atomic E-state index is 12.2. The van der Waals surface area contributed by atoms with Gasteiger partial charge in [0.2, 0.25) is 11.8 Å². The van der Waals surface area contributed by atoms with E-state index in [0.29, 0.717) is 32.5 Å². The molecule has 0 bridgehead atoms. The first-order valence-electron chi connectivity index (χ1n) is 8.44. The van der Waals surface area contributed by atoms with E-state index in [4.69, 9.17) is 4.74 Å². The normalized spacial score (nSPS) is 15.3. The van der Waals surface area contributed by atoms with Gasteiger partial charge in [-0.05, 0) is 31.4 Å². The number of nitrogens with zero attached hydrogens (tertiary/aromatic N) is 1. The van der Waals surface area contributed by atoms with Crippen molar-refractivity contribution in [3.05, 3.63) is 30.3 Å². The molecule has 1 aliphatic rings. The van der Waals surface area contributed by atoms with Crippen LogP contribution in [0.1, 0.15) is 39.0 Å². The summed E-state index contributed by atoms with van der Waals surface area (Å²) in [5.74, 6) is 1.03. The summed E-state index contributed by atoms with van der Waals surface area (Å²) in [4.78, 5) is 25.6. The molecule has 0 atom stereocenters. The first kappa shape index (κ1) is 17.3. The molecule has 0 saturated carbocycles. The minimum absolute atomic E-state index is 0.119. The van der Waals surface area contributed by atoms with Gasteiger partial charge in [-0.1, -0.05) is 25.1 Å². The molecule has 0 radical (unpaired) electrons. The Labute approximate surface area is 138 Å². The number of likely N-dealkylation sites (tertiary alicyclic amines) is 1. The molecule has 126 valence electrons. The molecule has 2 amide bonds. The smallest absolute Gasteiger partial charge is 0.225 e. The number of benzene rings is 1. The van der Waals surface area contributed by atoms with E-state index in [1.807, 2.05) is 42.2 Å². The van der Waals surface area contributed by atoms with Crippen LogP contribution in [0.5, 0.6) is 5.75 Å². The van der Waals surface area contributed by atoms with Crippen molar-refractivity contribution in [2.24, 2.45) is 0 Å². The van der Waals surface area contributed by atoms with E-state index in [-0.39, 0.29) is 17.9 Å². The van der Waals surface area contributed by atoms with Crippen LogP contribution in [0, 0.1) is 0 Å². The largest absolute Gasteiger partial charge is 0.493 e. The molecule has 1 heterocycles. The molecule has 2 rings (SSSR count). The van der Waals surface area contributed by atoms with E-state index in [2.05, 4.69) is 5.32 Å². The zero-order valence-electron chi connectivity index (χ0n) is 13.8. The number of para-hydroxylation sites is 1. The van der Waals surface area contributed by atoms with Gasteiger partial charge in [-0.15, -0.1) is 0 Å². The summed E-state index contributed by atoms with van der Waals surface area (Å²) in [6.07, 6.45) is 3.50. The van der Waals surface area contributed by atoms with Gasteiger partial charge in [0, 0.05) is 25.6 Å². The molecule has 0 aromatic heterocycles. The summed E-state index contributed by atoms with van der Waals surface area (Å²) in [5, 5.41) is 3.04. The molecule has 23 heavy (non-hydrogen) atoms. The summed E-state index contributed by atoms with van der Waals surface area (Å²) in [7, 11) is 0. The number of rotatable bonds is 7. The SMILES string of the molecule is CCCC(=O)NC1CCN(C(=O)CCOc2ccccc2)CC1. The van der Waals surface area contributed by atoms with Crippen molar-refractivity contribution in [3.8, 4) is 5.75 Å². The standard InChI is InChI=1S/C18H26N2O3/c1-2-6-17(21)19-15-9-12-20(13-10-15)18(22)11-14-23-16-7-4-3-5-8-16/h3-5,7-8,15H,2,6,9-14H2,1H3,(H,19,21). The lowest BCUT2D eigenvalue weighted by Crippen LogP contribution is -2.46. The van der Waals surface area contributed by atoms with E-state index in [1.165, 1.54) is 0 Å². The average molecular weight is 318 g/mol. The Bertz CT molecular complexity index is 496. The van der Waals surface area contributed by atoms with Crippen LogP contribution in [0.15, 0.2) is 30.3 Å². The Morgan fingerprint density at radius 2 is 1.87 bits per heavy atom. The molecule has 1 aromatic rings. The molecule has 1 aromatic carbocycles. The number of piperidine rings is 1. The topological polar surface area (TPSA) is 58.6 Å². The molecule has 0 unspecified atom stereocenters. The zero-order valence-corrected chi connectivity index (χ0v) is 13.8. The molecule has 0 aliphatic carbocycles. The number of ether oxygens (including phenoxy) is 1. The third-order valence-corrected chi connectivity index (χ3v) is 4.02. The van der Waals surface area contributed by atoms with E-state index in [9.17, 15) is 9.59 Å². The van der Waals surface area contributed by atoms with Crippen LogP contribution in [0.25, 0.3) is 0 Å². The molecule has 5 nitrogen and oxygen atoms in total. The Morgan fingerprint density at radius 3 is 2.52 bits per heavy atom. The molecule has 0 spiro atoms. The number of hydrogen-bond donors (Lipinski definition) is 1. The van der Waals surface area contributed by atoms with Crippen LogP contribution >= 0.6 is 0 Å². The summed E-state index contributed by atoms with van der Waals surface area (Å²) < 4.78 is 5.56. The van der Waals surface area contributed by atoms with Crippen LogP contribution < -0.4 is 10.1 Å². The quantitative estimate of drug-likeness (QED) is 0.839. The van der Waals surface area contributed by atoms with Gasteiger partial charge < -0.3 is 15.0 Å². The van der Waals surface area contributed by atoms with Crippen molar-refractivity contribution < 1.29 is 14.3 Å². The first-order valence-corrected chi connectivity index (χ1v) is 8.44. The van der Waals surface area contributed by atoms with Crippen molar-refractivity contribution in [1.29, 1.82) is 0 Å². The van der Waals surface area contributed by atoms with Crippen LogP contribution in [0.2, 0.25) is 0 Å². The predicted octanol–water partition coefficient (Wildman–Crippen LogP) is 2.36. The van der Waals surface area contributed by atoms with Gasteiger partial charge in [-0.3, -0.25) is 9.59 Å².